The van der Waals surface area contributed by atoms with Gasteiger partial charge in [0.25, 0.3) is 0 Å². The highest BCUT2D eigenvalue weighted by atomic mass is 19.1. The summed E-state index contributed by atoms with van der Waals surface area (Å²) in [4.78, 5) is 10.6. The van der Waals surface area contributed by atoms with E-state index in [0.29, 0.717) is 0 Å². The number of hydrogen-bond donors (Lipinski definition) is 1. The molecule has 0 atom stereocenters. The largest absolute Gasteiger partial charge is 0.481 e. The zero-order chi connectivity index (χ0) is 16.9. The van der Waals surface area contributed by atoms with Gasteiger partial charge in [-0.3, -0.25) is 4.79 Å². The Hall–Kier alpha value is -2.16. The van der Waals surface area contributed by atoms with E-state index in [2.05, 4.69) is 18.7 Å². The van der Waals surface area contributed by atoms with Gasteiger partial charge in [0.05, 0.1) is 6.42 Å². The number of rotatable bonds is 6. The lowest BCUT2D eigenvalue weighted by Gasteiger charge is -2.13. The molecule has 1 N–H and O–H groups in total. The lowest BCUT2D eigenvalue weighted by molar-refractivity contribution is -0.137. The monoisotopic (exact) mass is 302 g/mol. The Morgan fingerprint density at radius 1 is 1.18 bits per heavy atom. The van der Waals surface area contributed by atoms with Crippen molar-refractivity contribution in [2.45, 2.75) is 40.5 Å². The normalized spacial score (nSPS) is 12.4. The molecular weight excluding hydrogens is 279 g/mol. The summed E-state index contributed by atoms with van der Waals surface area (Å²) in [5, 5.41) is 8.66. The number of benzene rings is 1. The summed E-state index contributed by atoms with van der Waals surface area (Å²) >= 11 is 0. The maximum Gasteiger partial charge on any atom is 0.303 e. The van der Waals surface area contributed by atoms with Crippen LogP contribution in [0.1, 0.15) is 42.0 Å². The van der Waals surface area contributed by atoms with Gasteiger partial charge in [0.2, 0.25) is 0 Å². The topological polar surface area (TPSA) is 37.3 Å². The third-order valence-electron chi connectivity index (χ3n) is 3.26. The number of carboxylic acid groups (broad SMARTS) is 1. The van der Waals surface area contributed by atoms with Gasteiger partial charge in [-0.05, 0) is 56.0 Å². The summed E-state index contributed by atoms with van der Waals surface area (Å²) in [6.07, 6.45) is 2.93. The fraction of sp³-hybridized carbons (Fsp3) is 0.316. The predicted octanol–water partition coefficient (Wildman–Crippen LogP) is 5.29. The van der Waals surface area contributed by atoms with Crippen LogP contribution in [0.4, 0.5) is 4.39 Å². The molecule has 1 aromatic carbocycles. The average Bonchev–Trinajstić information content (AvgIpc) is 2.34. The van der Waals surface area contributed by atoms with Gasteiger partial charge in [-0.1, -0.05) is 35.9 Å². The van der Waals surface area contributed by atoms with Gasteiger partial charge in [-0.15, -0.1) is 0 Å². The van der Waals surface area contributed by atoms with E-state index in [0.717, 1.165) is 33.4 Å². The molecule has 0 radical (unpaired) electrons. The van der Waals surface area contributed by atoms with Gasteiger partial charge in [-0.25, -0.2) is 4.39 Å². The molecule has 0 unspecified atom stereocenters. The molecule has 22 heavy (non-hydrogen) atoms. The summed E-state index contributed by atoms with van der Waals surface area (Å²) in [5.41, 5.74) is 5.80. The molecule has 3 heteroatoms. The quantitative estimate of drug-likeness (QED) is 0.725. The van der Waals surface area contributed by atoms with Gasteiger partial charge < -0.3 is 5.11 Å². The van der Waals surface area contributed by atoms with Gasteiger partial charge in [0.15, 0.2) is 0 Å². The van der Waals surface area contributed by atoms with Gasteiger partial charge in [0.1, 0.15) is 5.83 Å². The second-order valence-electron chi connectivity index (χ2n) is 5.70. The van der Waals surface area contributed by atoms with Crippen molar-refractivity contribution >= 4 is 11.5 Å². The Bertz CT molecular complexity index is 628. The van der Waals surface area contributed by atoms with Crippen LogP contribution < -0.4 is 0 Å². The van der Waals surface area contributed by atoms with E-state index < -0.39 is 11.8 Å². The van der Waals surface area contributed by atoms with E-state index >= 15 is 0 Å². The Kier molecular flexibility index (Phi) is 6.29. The number of carbonyl (C=O) groups is 1. The van der Waals surface area contributed by atoms with Gasteiger partial charge in [0, 0.05) is 6.42 Å². The second kappa shape index (κ2) is 7.74. The summed E-state index contributed by atoms with van der Waals surface area (Å²) in [6, 6.07) is 4.11. The first-order valence-corrected chi connectivity index (χ1v) is 7.24. The minimum Gasteiger partial charge on any atom is -0.481 e. The number of allylic oxidation sites excluding steroid dienone is 5. The first kappa shape index (κ1) is 17.9. The van der Waals surface area contributed by atoms with Crippen molar-refractivity contribution in [1.29, 1.82) is 0 Å². The molecule has 1 aromatic rings. The van der Waals surface area contributed by atoms with Crippen molar-refractivity contribution in [3.05, 3.63) is 64.5 Å². The van der Waals surface area contributed by atoms with Crippen LogP contribution in [-0.2, 0) is 4.79 Å². The van der Waals surface area contributed by atoms with Crippen molar-refractivity contribution in [2.24, 2.45) is 0 Å². The van der Waals surface area contributed by atoms with Crippen LogP contribution in [0.15, 0.2) is 42.3 Å². The predicted molar refractivity (Wildman–Crippen MR) is 89.5 cm³/mol. The fourth-order valence-electron chi connectivity index (χ4n) is 2.55. The fourth-order valence-corrected chi connectivity index (χ4v) is 2.55. The number of hydrogen-bond acceptors (Lipinski definition) is 1. The number of halogens is 1. The molecule has 0 aliphatic carbocycles. The lowest BCUT2D eigenvalue weighted by atomic mass is 9.92. The van der Waals surface area contributed by atoms with Crippen molar-refractivity contribution < 1.29 is 14.3 Å². The minimum atomic E-state index is -1.00. The molecule has 0 bridgehead atoms. The molecule has 2 nitrogen and oxygen atoms in total. The van der Waals surface area contributed by atoms with Crippen LogP contribution in [0.5, 0.6) is 0 Å². The van der Waals surface area contributed by atoms with Crippen molar-refractivity contribution in [3.63, 3.8) is 0 Å². The van der Waals surface area contributed by atoms with Crippen LogP contribution in [0.25, 0.3) is 5.57 Å². The standard InChI is InChI=1S/C19H23FO2/c1-12(2)8-16(11-17(20)6-7-18(21)22)19-14(4)9-13(3)10-15(19)5/h8-11H,1,6-7H2,2-5H3,(H,21,22)/b16-8+,17-11-. The van der Waals surface area contributed by atoms with Gasteiger partial charge in [-0.2, -0.15) is 0 Å². The Labute approximate surface area is 131 Å². The van der Waals surface area contributed by atoms with Crippen molar-refractivity contribution in [1.82, 2.24) is 0 Å². The molecule has 0 fully saturated rings. The van der Waals surface area contributed by atoms with E-state index in [-0.39, 0.29) is 12.8 Å². The maximum absolute atomic E-state index is 14.0. The maximum atomic E-state index is 14.0. The molecule has 1 rings (SSSR count). The molecule has 0 saturated carbocycles. The molecule has 0 heterocycles. The van der Waals surface area contributed by atoms with E-state index in [1.165, 1.54) is 6.08 Å². The second-order valence-corrected chi connectivity index (χ2v) is 5.70. The van der Waals surface area contributed by atoms with Crippen molar-refractivity contribution in [3.8, 4) is 0 Å². The molecule has 0 saturated heterocycles. The van der Waals surface area contributed by atoms with Crippen LogP contribution in [0, 0.1) is 20.8 Å². The van der Waals surface area contributed by atoms with Crippen molar-refractivity contribution in [2.75, 3.05) is 0 Å². The Balaban J connectivity index is 3.29. The first-order valence-electron chi connectivity index (χ1n) is 7.24. The third-order valence-corrected chi connectivity index (χ3v) is 3.26. The summed E-state index contributed by atoms with van der Waals surface area (Å²) in [7, 11) is 0. The number of carboxylic acids is 1. The highest BCUT2D eigenvalue weighted by molar-refractivity contribution is 5.80. The molecule has 0 aromatic heterocycles. The molecule has 118 valence electrons. The highest BCUT2D eigenvalue weighted by Gasteiger charge is 2.10. The van der Waals surface area contributed by atoms with Crippen LogP contribution in [0.3, 0.4) is 0 Å². The smallest absolute Gasteiger partial charge is 0.303 e. The van der Waals surface area contributed by atoms with Crippen LogP contribution >= 0.6 is 0 Å². The summed E-state index contributed by atoms with van der Waals surface area (Å²) < 4.78 is 14.0. The molecule has 0 aliphatic rings. The average molecular weight is 302 g/mol. The van der Waals surface area contributed by atoms with E-state index in [1.807, 2.05) is 33.8 Å². The van der Waals surface area contributed by atoms with E-state index in [4.69, 9.17) is 5.11 Å². The molecule has 0 aliphatic heterocycles. The number of aliphatic carboxylic acids is 1. The molecule has 0 amide bonds. The van der Waals surface area contributed by atoms with Crippen LogP contribution in [0.2, 0.25) is 0 Å². The summed E-state index contributed by atoms with van der Waals surface area (Å²) in [6.45, 7) is 11.7. The highest BCUT2D eigenvalue weighted by Crippen LogP contribution is 2.28. The Morgan fingerprint density at radius 2 is 1.73 bits per heavy atom. The zero-order valence-electron chi connectivity index (χ0n) is 13.7. The third kappa shape index (κ3) is 5.32. The van der Waals surface area contributed by atoms with E-state index in [9.17, 15) is 9.18 Å². The zero-order valence-corrected chi connectivity index (χ0v) is 13.7. The van der Waals surface area contributed by atoms with E-state index in [1.54, 1.807) is 0 Å². The molecule has 0 spiro atoms. The Morgan fingerprint density at radius 3 is 2.18 bits per heavy atom. The number of aryl methyl sites for hydroxylation is 3. The first-order chi connectivity index (χ1) is 10.2. The SMILES string of the molecule is C=C(C)/C=C(\C=C(/F)CCC(=O)O)c1c(C)cc(C)cc1C. The summed E-state index contributed by atoms with van der Waals surface area (Å²) in [5.74, 6) is -1.44. The van der Waals surface area contributed by atoms with Crippen LogP contribution in [-0.4, -0.2) is 11.1 Å². The minimum absolute atomic E-state index is 0.104. The lowest BCUT2D eigenvalue weighted by Crippen LogP contribution is -1.96. The molecular formula is C19H23FO2. The van der Waals surface area contributed by atoms with Gasteiger partial charge >= 0.3 is 5.97 Å².